The molecular weight excluding hydrogens is 500 g/mol. The van der Waals surface area contributed by atoms with Gasteiger partial charge in [-0.25, -0.2) is 0 Å². The van der Waals surface area contributed by atoms with Crippen molar-refractivity contribution in [3.05, 3.63) is 0 Å². The van der Waals surface area contributed by atoms with Crippen LogP contribution in [0.15, 0.2) is 0 Å². The van der Waals surface area contributed by atoms with Crippen LogP contribution in [0.3, 0.4) is 0 Å². The first-order valence-corrected chi connectivity index (χ1v) is 17.1. The third-order valence-corrected chi connectivity index (χ3v) is 13.8. The minimum atomic E-state index is -0.688. The number of carbonyl (C=O) groups is 1. The summed E-state index contributed by atoms with van der Waals surface area (Å²) in [6, 6.07) is 3.52. The van der Waals surface area contributed by atoms with Crippen LogP contribution in [-0.4, -0.2) is 70.6 Å². The maximum atomic E-state index is 11.7. The van der Waals surface area contributed by atoms with Crippen LogP contribution < -0.4 is 21.3 Å². The molecule has 7 nitrogen and oxygen atoms in total. The topological polar surface area (TPSA) is 106 Å². The predicted molar refractivity (Wildman–Crippen MR) is 159 cm³/mol. The molecule has 8 bridgehead atoms. The lowest BCUT2D eigenvalue weighted by Crippen LogP contribution is -2.48. The molecule has 0 spiro atoms. The summed E-state index contributed by atoms with van der Waals surface area (Å²) in [7, 11) is 0. The highest BCUT2D eigenvalue weighted by atomic mass is 16.4. The van der Waals surface area contributed by atoms with Crippen LogP contribution in [0, 0.1) is 53.3 Å². The van der Waals surface area contributed by atoms with Gasteiger partial charge in [0.25, 0.3) is 0 Å². The second-order valence-corrected chi connectivity index (χ2v) is 15.3. The number of fused-ring (bicyclic) bond motifs is 8. The summed E-state index contributed by atoms with van der Waals surface area (Å²) >= 11 is 0. The summed E-state index contributed by atoms with van der Waals surface area (Å²) in [6.45, 7) is 14.5. The van der Waals surface area contributed by atoms with E-state index in [1.54, 1.807) is 0 Å². The molecule has 228 valence electrons. The summed E-state index contributed by atoms with van der Waals surface area (Å²) in [4.78, 5) is 11.7. The standard InChI is InChI=1S/C33H58N4O3/c1-7-19-15(3)23-12-25-17(5)21(9-10-30(39)40)32(36-25)22-11-29(38)31-18(6)26(37-33(22)31)14-28-20(8-2)16(4)24(35-28)13-27(19)34-23/h15-29,31-38H,7-14H2,1-6H3,(H,39,40)/t15?,16?,17-,18?,19?,20?,21+,22?,23?,24?,25?,26?,27?,28?,29?,31?,32?,33?/m0/s1. The fourth-order valence-electron chi connectivity index (χ4n) is 11.6. The van der Waals surface area contributed by atoms with E-state index in [4.69, 9.17) is 0 Å². The molecule has 1 aliphatic carbocycles. The van der Waals surface area contributed by atoms with Crippen molar-refractivity contribution in [2.75, 3.05) is 0 Å². The zero-order valence-corrected chi connectivity index (χ0v) is 25.9. The first-order chi connectivity index (χ1) is 19.1. The van der Waals surface area contributed by atoms with Gasteiger partial charge in [-0.05, 0) is 79.4 Å². The number of nitrogens with one attached hydrogen (secondary N) is 4. The Bertz CT molecular complexity index is 918. The van der Waals surface area contributed by atoms with Gasteiger partial charge in [0.2, 0.25) is 0 Å². The maximum Gasteiger partial charge on any atom is 0.303 e. The summed E-state index contributed by atoms with van der Waals surface area (Å²) in [5.74, 6) is 3.89. The van der Waals surface area contributed by atoms with Gasteiger partial charge in [0.1, 0.15) is 0 Å². The Morgan fingerprint density at radius 1 is 0.650 bits per heavy atom. The van der Waals surface area contributed by atoms with Gasteiger partial charge in [0, 0.05) is 60.7 Å². The van der Waals surface area contributed by atoms with Crippen molar-refractivity contribution in [2.24, 2.45) is 53.3 Å². The molecule has 6 fully saturated rings. The van der Waals surface area contributed by atoms with Gasteiger partial charge in [0.15, 0.2) is 0 Å². The molecule has 0 radical (unpaired) electrons. The fourth-order valence-corrected chi connectivity index (χ4v) is 11.6. The molecule has 5 aliphatic heterocycles. The van der Waals surface area contributed by atoms with Crippen LogP contribution in [0.25, 0.3) is 0 Å². The van der Waals surface area contributed by atoms with Gasteiger partial charge in [-0.15, -0.1) is 0 Å². The van der Waals surface area contributed by atoms with Crippen LogP contribution in [-0.2, 0) is 4.79 Å². The Kier molecular flexibility index (Phi) is 8.37. The number of hydrogen-bond acceptors (Lipinski definition) is 6. The molecule has 7 heteroatoms. The van der Waals surface area contributed by atoms with Crippen molar-refractivity contribution < 1.29 is 15.0 Å². The van der Waals surface area contributed by atoms with Crippen LogP contribution >= 0.6 is 0 Å². The van der Waals surface area contributed by atoms with Gasteiger partial charge in [-0.2, -0.15) is 0 Å². The van der Waals surface area contributed by atoms with Gasteiger partial charge >= 0.3 is 5.97 Å². The molecule has 6 rings (SSSR count). The Hall–Kier alpha value is -0.730. The first kappa shape index (κ1) is 29.3. The van der Waals surface area contributed by atoms with E-state index < -0.39 is 5.97 Å². The van der Waals surface area contributed by atoms with Crippen LogP contribution in [0.5, 0.6) is 0 Å². The highest BCUT2D eigenvalue weighted by Crippen LogP contribution is 2.50. The Morgan fingerprint density at radius 3 is 1.68 bits per heavy atom. The lowest BCUT2D eigenvalue weighted by molar-refractivity contribution is -0.137. The molecule has 0 aromatic carbocycles. The van der Waals surface area contributed by atoms with E-state index in [2.05, 4.69) is 62.8 Å². The van der Waals surface area contributed by atoms with Gasteiger partial charge < -0.3 is 31.5 Å². The normalized spacial score (nSPS) is 55.7. The Morgan fingerprint density at radius 2 is 1.12 bits per heavy atom. The van der Waals surface area contributed by atoms with Crippen LogP contribution in [0.1, 0.15) is 92.9 Å². The van der Waals surface area contributed by atoms with E-state index in [-0.39, 0.29) is 18.6 Å². The monoisotopic (exact) mass is 558 g/mol. The Balaban J connectivity index is 1.34. The molecule has 1 saturated carbocycles. The second kappa shape index (κ2) is 11.4. The first-order valence-electron chi connectivity index (χ1n) is 17.1. The fraction of sp³-hybridized carbons (Fsp3) is 0.970. The largest absolute Gasteiger partial charge is 0.481 e. The van der Waals surface area contributed by atoms with Crippen molar-refractivity contribution >= 4 is 5.97 Å². The number of rotatable bonds is 5. The third kappa shape index (κ3) is 4.88. The summed E-state index contributed by atoms with van der Waals surface area (Å²) < 4.78 is 0. The van der Waals surface area contributed by atoms with Gasteiger partial charge in [0.05, 0.1) is 6.10 Å². The van der Waals surface area contributed by atoms with Crippen molar-refractivity contribution in [1.82, 2.24) is 21.3 Å². The average Bonchev–Trinajstić information content (AvgIpc) is 3.65. The predicted octanol–water partition coefficient (Wildman–Crippen LogP) is 3.61. The highest BCUT2D eigenvalue weighted by molar-refractivity contribution is 5.66. The van der Waals surface area contributed by atoms with Crippen molar-refractivity contribution in [3.63, 3.8) is 0 Å². The molecular formula is C33H58N4O3. The molecule has 16 unspecified atom stereocenters. The Labute approximate surface area is 242 Å². The van der Waals surface area contributed by atoms with Crippen molar-refractivity contribution in [2.45, 2.75) is 147 Å². The zero-order valence-electron chi connectivity index (χ0n) is 25.9. The minimum Gasteiger partial charge on any atom is -0.481 e. The minimum absolute atomic E-state index is 0.235. The number of aliphatic carboxylic acids is 1. The molecule has 6 aliphatic rings. The van der Waals surface area contributed by atoms with E-state index in [9.17, 15) is 15.0 Å². The molecule has 0 amide bonds. The van der Waals surface area contributed by atoms with E-state index in [1.807, 2.05) is 0 Å². The van der Waals surface area contributed by atoms with E-state index in [0.29, 0.717) is 95.6 Å². The smallest absolute Gasteiger partial charge is 0.303 e. The third-order valence-electron chi connectivity index (χ3n) is 13.8. The average molecular weight is 559 g/mol. The van der Waals surface area contributed by atoms with Gasteiger partial charge in [-0.1, -0.05) is 54.4 Å². The molecule has 6 N–H and O–H groups in total. The zero-order chi connectivity index (χ0) is 28.5. The lowest BCUT2D eigenvalue weighted by Gasteiger charge is -2.32. The number of aliphatic hydroxyl groups excluding tert-OH is 1. The molecule has 0 aromatic rings. The summed E-state index contributed by atoms with van der Waals surface area (Å²) in [6.07, 6.45) is 7.43. The SMILES string of the molecule is CCC1C2CC3NC(CC4NC5C(CC(O)C5C4C)C4NC(CC(N2)C1C)[C@@H](C)[C@H]4CCC(=O)O)C(CC)C3C. The van der Waals surface area contributed by atoms with E-state index >= 15 is 0 Å². The number of aliphatic hydroxyl groups is 1. The number of hydrogen-bond donors (Lipinski definition) is 6. The summed E-state index contributed by atoms with van der Waals surface area (Å²) in [5, 5.41) is 37.7. The quantitative estimate of drug-likeness (QED) is 0.306. The van der Waals surface area contributed by atoms with Gasteiger partial charge in [-0.3, -0.25) is 4.79 Å². The van der Waals surface area contributed by atoms with Crippen LogP contribution in [0.4, 0.5) is 0 Å². The van der Waals surface area contributed by atoms with E-state index in [0.717, 1.165) is 25.7 Å². The van der Waals surface area contributed by atoms with Crippen molar-refractivity contribution in [3.8, 4) is 0 Å². The molecule has 0 aromatic heterocycles. The molecule has 40 heavy (non-hydrogen) atoms. The lowest BCUT2D eigenvalue weighted by atomic mass is 9.76. The van der Waals surface area contributed by atoms with E-state index in [1.165, 1.54) is 19.3 Å². The number of carboxylic acids is 1. The summed E-state index contributed by atoms with van der Waals surface area (Å²) in [5.41, 5.74) is 0. The molecule has 5 saturated heterocycles. The highest BCUT2D eigenvalue weighted by Gasteiger charge is 2.58. The molecule has 18 atom stereocenters. The number of carboxylic acid groups (broad SMARTS) is 1. The van der Waals surface area contributed by atoms with Crippen LogP contribution in [0.2, 0.25) is 0 Å². The second-order valence-electron chi connectivity index (χ2n) is 15.3. The van der Waals surface area contributed by atoms with Crippen molar-refractivity contribution in [1.29, 1.82) is 0 Å². The molecule has 5 heterocycles. The maximum absolute atomic E-state index is 11.7.